The van der Waals surface area contributed by atoms with E-state index in [1.54, 1.807) is 18.2 Å². The number of benzene rings is 1. The van der Waals surface area contributed by atoms with Crippen LogP contribution in [0.15, 0.2) is 24.3 Å². The number of carbonyl (C=O) groups excluding carboxylic acids is 1. The Morgan fingerprint density at radius 2 is 2.10 bits per heavy atom. The van der Waals surface area contributed by atoms with Crippen molar-refractivity contribution in [3.05, 3.63) is 30.1 Å². The summed E-state index contributed by atoms with van der Waals surface area (Å²) in [6.07, 6.45) is 3.79. The van der Waals surface area contributed by atoms with E-state index in [0.29, 0.717) is 12.5 Å². The van der Waals surface area contributed by atoms with Crippen LogP contribution in [0.1, 0.15) is 19.3 Å². The Bertz CT molecular complexity index is 490. The normalized spacial score (nSPS) is 22.8. The highest BCUT2D eigenvalue weighted by Gasteiger charge is 2.34. The van der Waals surface area contributed by atoms with Crippen molar-refractivity contribution >= 4 is 11.7 Å². The van der Waals surface area contributed by atoms with E-state index in [2.05, 4.69) is 15.5 Å². The maximum atomic E-state index is 13.4. The third-order valence-electron chi connectivity index (χ3n) is 4.05. The molecule has 0 spiro atoms. The van der Waals surface area contributed by atoms with Gasteiger partial charge in [-0.25, -0.2) is 9.18 Å². The van der Waals surface area contributed by atoms with E-state index in [1.165, 1.54) is 18.9 Å². The van der Waals surface area contributed by atoms with Crippen LogP contribution in [0.3, 0.4) is 0 Å². The molecule has 0 radical (unpaired) electrons. The number of hydrogen-bond donors (Lipinski definition) is 2. The minimum atomic E-state index is -0.413. The summed E-state index contributed by atoms with van der Waals surface area (Å²) in [5.41, 5.74) is 0.219. The molecule has 1 aliphatic carbocycles. The Morgan fingerprint density at radius 1 is 1.30 bits per heavy atom. The zero-order chi connectivity index (χ0) is 13.9. The number of urea groups is 1. The number of hydrogen-bond acceptors (Lipinski definition) is 2. The van der Waals surface area contributed by atoms with Crippen LogP contribution in [0.25, 0.3) is 0 Å². The topological polar surface area (TPSA) is 44.4 Å². The molecule has 20 heavy (non-hydrogen) atoms. The average Bonchev–Trinajstić information content (AvgIpc) is 3.18. The van der Waals surface area contributed by atoms with Crippen molar-refractivity contribution in [2.45, 2.75) is 25.3 Å². The molecular formula is C15H20FN3O. The highest BCUT2D eigenvalue weighted by molar-refractivity contribution is 5.89. The van der Waals surface area contributed by atoms with Crippen molar-refractivity contribution in [3.8, 4) is 0 Å². The molecule has 0 bridgehead atoms. The van der Waals surface area contributed by atoms with Crippen molar-refractivity contribution in [2.24, 2.45) is 5.92 Å². The fraction of sp³-hybridized carbons (Fsp3) is 0.533. The van der Waals surface area contributed by atoms with Gasteiger partial charge >= 0.3 is 6.03 Å². The van der Waals surface area contributed by atoms with Gasteiger partial charge in [-0.05, 0) is 43.9 Å². The van der Waals surface area contributed by atoms with E-state index in [1.807, 2.05) is 0 Å². The Kier molecular flexibility index (Phi) is 3.87. The molecule has 108 valence electrons. The van der Waals surface area contributed by atoms with Crippen LogP contribution in [0.4, 0.5) is 14.9 Å². The van der Waals surface area contributed by atoms with Gasteiger partial charge in [-0.15, -0.1) is 0 Å². The van der Waals surface area contributed by atoms with E-state index in [4.69, 9.17) is 0 Å². The third kappa shape index (κ3) is 3.28. The summed E-state index contributed by atoms with van der Waals surface area (Å²) >= 11 is 0. The summed E-state index contributed by atoms with van der Waals surface area (Å²) in [6, 6.07) is 6.65. The Morgan fingerprint density at radius 3 is 2.85 bits per heavy atom. The molecule has 2 fully saturated rings. The van der Waals surface area contributed by atoms with Crippen LogP contribution in [-0.4, -0.2) is 36.6 Å². The molecule has 4 nitrogen and oxygen atoms in total. The first-order valence-electron chi connectivity index (χ1n) is 7.26. The molecule has 2 amide bonds. The Labute approximate surface area is 118 Å². The van der Waals surface area contributed by atoms with Crippen LogP contribution in [0.2, 0.25) is 0 Å². The summed E-state index contributed by atoms with van der Waals surface area (Å²) in [7, 11) is 0. The van der Waals surface area contributed by atoms with Gasteiger partial charge in [0.1, 0.15) is 5.82 Å². The number of rotatable bonds is 4. The molecular weight excluding hydrogens is 257 g/mol. The largest absolute Gasteiger partial charge is 0.338 e. The van der Waals surface area contributed by atoms with Gasteiger partial charge in [0.2, 0.25) is 0 Å². The molecule has 1 unspecified atom stereocenters. The molecule has 1 saturated carbocycles. The summed E-state index contributed by atoms with van der Waals surface area (Å²) < 4.78 is 13.4. The number of likely N-dealkylation sites (tertiary alicyclic amines) is 1. The number of nitrogens with one attached hydrogen (secondary N) is 2. The van der Waals surface area contributed by atoms with Crippen molar-refractivity contribution in [2.75, 3.05) is 25.0 Å². The fourth-order valence-electron chi connectivity index (χ4n) is 2.77. The van der Waals surface area contributed by atoms with Crippen LogP contribution in [-0.2, 0) is 0 Å². The molecule has 2 N–H and O–H groups in total. The molecule has 2 aliphatic rings. The molecule has 1 heterocycles. The number of halogens is 1. The number of nitrogens with zero attached hydrogens (tertiary/aromatic N) is 1. The molecule has 1 atom stereocenters. The van der Waals surface area contributed by atoms with E-state index < -0.39 is 5.82 Å². The van der Waals surface area contributed by atoms with Crippen molar-refractivity contribution in [1.29, 1.82) is 0 Å². The molecule has 1 aromatic rings. The predicted octanol–water partition coefficient (Wildman–Crippen LogP) is 2.43. The van der Waals surface area contributed by atoms with Crippen molar-refractivity contribution in [1.82, 2.24) is 10.2 Å². The fourth-order valence-corrected chi connectivity index (χ4v) is 2.77. The number of carbonyl (C=O) groups is 1. The molecule has 1 aliphatic heterocycles. The van der Waals surface area contributed by atoms with Gasteiger partial charge in [0.25, 0.3) is 0 Å². The highest BCUT2D eigenvalue weighted by Crippen LogP contribution is 2.31. The second-order valence-corrected chi connectivity index (χ2v) is 5.70. The number of amides is 2. The van der Waals surface area contributed by atoms with Crippen LogP contribution >= 0.6 is 0 Å². The zero-order valence-corrected chi connectivity index (χ0v) is 11.4. The van der Waals surface area contributed by atoms with Gasteiger partial charge in [-0.3, -0.25) is 0 Å². The number of anilines is 1. The first-order valence-corrected chi connectivity index (χ1v) is 7.26. The minimum absolute atomic E-state index is 0.219. The average molecular weight is 277 g/mol. The monoisotopic (exact) mass is 277 g/mol. The lowest BCUT2D eigenvalue weighted by molar-refractivity contribution is 0.249. The highest BCUT2D eigenvalue weighted by atomic mass is 19.1. The minimum Gasteiger partial charge on any atom is -0.338 e. The second-order valence-electron chi connectivity index (χ2n) is 5.70. The van der Waals surface area contributed by atoms with E-state index in [0.717, 1.165) is 25.6 Å². The first kappa shape index (κ1) is 13.4. The van der Waals surface area contributed by atoms with Gasteiger partial charge in [0.05, 0.1) is 5.69 Å². The number of para-hydroxylation sites is 1. The van der Waals surface area contributed by atoms with Gasteiger partial charge in [-0.2, -0.15) is 0 Å². The van der Waals surface area contributed by atoms with Crippen LogP contribution in [0, 0.1) is 11.7 Å². The summed E-state index contributed by atoms with van der Waals surface area (Å²) in [4.78, 5) is 14.3. The van der Waals surface area contributed by atoms with Gasteiger partial charge in [-0.1, -0.05) is 12.1 Å². The maximum Gasteiger partial charge on any atom is 0.319 e. The molecule has 5 heteroatoms. The Balaban J connectivity index is 1.42. The first-order chi connectivity index (χ1) is 9.72. The second kappa shape index (κ2) is 5.79. The zero-order valence-electron chi connectivity index (χ0n) is 11.4. The lowest BCUT2D eigenvalue weighted by Gasteiger charge is -2.15. The van der Waals surface area contributed by atoms with E-state index in [-0.39, 0.29) is 11.7 Å². The maximum absolute atomic E-state index is 13.4. The quantitative estimate of drug-likeness (QED) is 0.888. The van der Waals surface area contributed by atoms with Crippen molar-refractivity contribution in [3.63, 3.8) is 0 Å². The molecule has 3 rings (SSSR count). The molecule has 1 saturated heterocycles. The van der Waals surface area contributed by atoms with Crippen molar-refractivity contribution < 1.29 is 9.18 Å². The Hall–Kier alpha value is -1.62. The predicted molar refractivity (Wildman–Crippen MR) is 76.1 cm³/mol. The van der Waals surface area contributed by atoms with E-state index >= 15 is 0 Å². The molecule has 1 aromatic carbocycles. The van der Waals surface area contributed by atoms with Gasteiger partial charge in [0, 0.05) is 19.1 Å². The third-order valence-corrected chi connectivity index (χ3v) is 4.05. The summed E-state index contributed by atoms with van der Waals surface area (Å²) in [6.45, 7) is 2.88. The van der Waals surface area contributed by atoms with E-state index in [9.17, 15) is 9.18 Å². The smallest absolute Gasteiger partial charge is 0.319 e. The van der Waals surface area contributed by atoms with Crippen LogP contribution < -0.4 is 10.6 Å². The summed E-state index contributed by atoms with van der Waals surface area (Å²) in [5, 5.41) is 5.38. The standard InChI is InChI=1S/C15H20FN3O/c16-13-3-1-2-4-14(13)18-15(20)17-9-11-7-8-19(10-11)12-5-6-12/h1-4,11-12H,5-10H2,(H2,17,18,20). The lowest BCUT2D eigenvalue weighted by atomic mass is 10.1. The molecule has 0 aromatic heterocycles. The van der Waals surface area contributed by atoms with Gasteiger partial charge in [0.15, 0.2) is 0 Å². The van der Waals surface area contributed by atoms with Gasteiger partial charge < -0.3 is 15.5 Å². The van der Waals surface area contributed by atoms with Crippen LogP contribution in [0.5, 0.6) is 0 Å². The summed E-state index contributed by atoms with van der Waals surface area (Å²) in [5.74, 6) is 0.102. The lowest BCUT2D eigenvalue weighted by Crippen LogP contribution is -2.34. The SMILES string of the molecule is O=C(NCC1CCN(C2CC2)C1)Nc1ccccc1F.